The van der Waals surface area contributed by atoms with Crippen LogP contribution in [0.15, 0.2) is 47.8 Å². The predicted octanol–water partition coefficient (Wildman–Crippen LogP) is 3.14. The van der Waals surface area contributed by atoms with E-state index in [0.29, 0.717) is 0 Å². The van der Waals surface area contributed by atoms with Gasteiger partial charge in [-0.3, -0.25) is 10.4 Å². The van der Waals surface area contributed by atoms with Crippen LogP contribution in [0.3, 0.4) is 0 Å². The second kappa shape index (κ2) is 5.25. The zero-order valence-electron chi connectivity index (χ0n) is 10.0. The summed E-state index contributed by atoms with van der Waals surface area (Å²) in [6, 6.07) is 10.0. The van der Waals surface area contributed by atoms with Crippen LogP contribution in [-0.4, -0.2) is 11.2 Å². The number of benzene rings is 1. The summed E-state index contributed by atoms with van der Waals surface area (Å²) in [7, 11) is 0. The van der Waals surface area contributed by atoms with Crippen LogP contribution >= 0.6 is 0 Å². The van der Waals surface area contributed by atoms with Gasteiger partial charge in [-0.25, -0.2) is 0 Å². The summed E-state index contributed by atoms with van der Waals surface area (Å²) in [4.78, 5) is 3.95. The largest absolute Gasteiger partial charge is 0.278 e. The Morgan fingerprint density at radius 1 is 1.06 bits per heavy atom. The Balaban J connectivity index is 2.03. The van der Waals surface area contributed by atoms with Crippen molar-refractivity contribution < 1.29 is 0 Å². The Labute approximate surface area is 101 Å². The van der Waals surface area contributed by atoms with Crippen molar-refractivity contribution in [3.05, 3.63) is 59.4 Å². The van der Waals surface area contributed by atoms with E-state index >= 15 is 0 Å². The molecule has 0 aliphatic carbocycles. The molecule has 0 saturated heterocycles. The molecule has 0 radical (unpaired) electrons. The number of pyridine rings is 1. The SMILES string of the molecule is Cc1ccc(N/N=C/c2ccncc2)cc1C. The Morgan fingerprint density at radius 2 is 1.82 bits per heavy atom. The molecular formula is C14H15N3. The molecule has 0 aliphatic heterocycles. The third-order valence-electron chi connectivity index (χ3n) is 2.62. The van der Waals surface area contributed by atoms with Gasteiger partial charge in [0.15, 0.2) is 0 Å². The summed E-state index contributed by atoms with van der Waals surface area (Å²) in [6.07, 6.45) is 5.27. The molecular weight excluding hydrogens is 210 g/mol. The van der Waals surface area contributed by atoms with Gasteiger partial charge in [0.2, 0.25) is 0 Å². The Hall–Kier alpha value is -2.16. The smallest absolute Gasteiger partial charge is 0.0564 e. The quantitative estimate of drug-likeness (QED) is 0.643. The third kappa shape index (κ3) is 3.14. The van der Waals surface area contributed by atoms with E-state index in [0.717, 1.165) is 11.3 Å². The van der Waals surface area contributed by atoms with Crippen LogP contribution in [0.2, 0.25) is 0 Å². The molecule has 3 heteroatoms. The summed E-state index contributed by atoms with van der Waals surface area (Å²) in [5, 5.41) is 4.18. The maximum absolute atomic E-state index is 4.18. The second-order valence-electron chi connectivity index (χ2n) is 3.95. The van der Waals surface area contributed by atoms with Crippen molar-refractivity contribution in [3.8, 4) is 0 Å². The highest BCUT2D eigenvalue weighted by Gasteiger charge is 1.94. The van der Waals surface area contributed by atoms with E-state index in [1.165, 1.54) is 11.1 Å². The van der Waals surface area contributed by atoms with E-state index in [-0.39, 0.29) is 0 Å². The monoisotopic (exact) mass is 225 g/mol. The van der Waals surface area contributed by atoms with E-state index in [1.54, 1.807) is 18.6 Å². The first-order valence-electron chi connectivity index (χ1n) is 5.52. The summed E-state index contributed by atoms with van der Waals surface area (Å²) in [5.74, 6) is 0. The lowest BCUT2D eigenvalue weighted by Crippen LogP contribution is -1.92. The van der Waals surface area contributed by atoms with Gasteiger partial charge in [0.25, 0.3) is 0 Å². The van der Waals surface area contributed by atoms with Crippen molar-refractivity contribution in [2.45, 2.75) is 13.8 Å². The minimum Gasteiger partial charge on any atom is -0.278 e. The van der Waals surface area contributed by atoms with Crippen molar-refractivity contribution >= 4 is 11.9 Å². The van der Waals surface area contributed by atoms with E-state index in [2.05, 4.69) is 41.5 Å². The number of aromatic nitrogens is 1. The normalized spacial score (nSPS) is 10.7. The number of nitrogens with one attached hydrogen (secondary N) is 1. The van der Waals surface area contributed by atoms with Crippen LogP contribution in [0.5, 0.6) is 0 Å². The van der Waals surface area contributed by atoms with E-state index in [4.69, 9.17) is 0 Å². The molecule has 3 nitrogen and oxygen atoms in total. The summed E-state index contributed by atoms with van der Waals surface area (Å²) in [5.41, 5.74) is 7.58. The molecule has 0 saturated carbocycles. The molecule has 1 aromatic heterocycles. The van der Waals surface area contributed by atoms with Crippen LogP contribution < -0.4 is 5.43 Å². The van der Waals surface area contributed by atoms with E-state index in [1.807, 2.05) is 18.2 Å². The summed E-state index contributed by atoms with van der Waals surface area (Å²) in [6.45, 7) is 4.19. The Bertz CT molecular complexity index is 518. The first-order valence-corrected chi connectivity index (χ1v) is 5.52. The fraction of sp³-hybridized carbons (Fsp3) is 0.143. The molecule has 2 aromatic rings. The predicted molar refractivity (Wildman–Crippen MR) is 71.4 cm³/mol. The molecule has 0 aliphatic rings. The highest BCUT2D eigenvalue weighted by molar-refractivity contribution is 5.79. The molecule has 2 rings (SSSR count). The second-order valence-corrected chi connectivity index (χ2v) is 3.95. The minimum atomic E-state index is 0.999. The van der Waals surface area contributed by atoms with Gasteiger partial charge in [0, 0.05) is 12.4 Å². The van der Waals surface area contributed by atoms with Gasteiger partial charge >= 0.3 is 0 Å². The lowest BCUT2D eigenvalue weighted by Gasteiger charge is -2.03. The molecule has 0 bridgehead atoms. The number of rotatable bonds is 3. The van der Waals surface area contributed by atoms with Gasteiger partial charge in [-0.05, 0) is 54.8 Å². The van der Waals surface area contributed by atoms with E-state index < -0.39 is 0 Å². The number of anilines is 1. The van der Waals surface area contributed by atoms with Crippen LogP contribution in [0.4, 0.5) is 5.69 Å². The minimum absolute atomic E-state index is 0.999. The third-order valence-corrected chi connectivity index (χ3v) is 2.62. The first-order chi connectivity index (χ1) is 8.25. The molecule has 0 amide bonds. The summed E-state index contributed by atoms with van der Waals surface area (Å²) >= 11 is 0. The molecule has 17 heavy (non-hydrogen) atoms. The zero-order valence-corrected chi connectivity index (χ0v) is 10.0. The molecule has 1 N–H and O–H groups in total. The van der Waals surface area contributed by atoms with Crippen LogP contribution in [-0.2, 0) is 0 Å². The number of nitrogens with zero attached hydrogens (tertiary/aromatic N) is 2. The average molecular weight is 225 g/mol. The van der Waals surface area contributed by atoms with Gasteiger partial charge < -0.3 is 0 Å². The highest BCUT2D eigenvalue weighted by Crippen LogP contribution is 2.13. The molecule has 0 fully saturated rings. The van der Waals surface area contributed by atoms with Crippen molar-refractivity contribution in [2.24, 2.45) is 5.10 Å². The standard InChI is InChI=1S/C14H15N3/c1-11-3-4-14(9-12(11)2)17-16-10-13-5-7-15-8-6-13/h3-10,17H,1-2H3/b16-10+. The molecule has 1 aromatic carbocycles. The Kier molecular flexibility index (Phi) is 3.50. The van der Waals surface area contributed by atoms with Crippen LogP contribution in [0.1, 0.15) is 16.7 Å². The zero-order chi connectivity index (χ0) is 12.1. The molecule has 1 heterocycles. The van der Waals surface area contributed by atoms with Crippen molar-refractivity contribution in [1.29, 1.82) is 0 Å². The fourth-order valence-corrected chi connectivity index (χ4v) is 1.44. The molecule has 0 spiro atoms. The fourth-order valence-electron chi connectivity index (χ4n) is 1.44. The number of aryl methyl sites for hydroxylation is 2. The van der Waals surface area contributed by atoms with Crippen molar-refractivity contribution in [2.75, 3.05) is 5.43 Å². The summed E-state index contributed by atoms with van der Waals surface area (Å²) < 4.78 is 0. The van der Waals surface area contributed by atoms with Crippen LogP contribution in [0, 0.1) is 13.8 Å². The van der Waals surface area contributed by atoms with E-state index in [9.17, 15) is 0 Å². The first kappa shape index (κ1) is 11.3. The van der Waals surface area contributed by atoms with Gasteiger partial charge in [0.1, 0.15) is 0 Å². The van der Waals surface area contributed by atoms with Gasteiger partial charge in [-0.15, -0.1) is 0 Å². The number of hydrazone groups is 1. The lowest BCUT2D eigenvalue weighted by atomic mass is 10.1. The van der Waals surface area contributed by atoms with Crippen LogP contribution in [0.25, 0.3) is 0 Å². The molecule has 86 valence electrons. The van der Waals surface area contributed by atoms with Crippen molar-refractivity contribution in [1.82, 2.24) is 4.98 Å². The van der Waals surface area contributed by atoms with Crippen molar-refractivity contribution in [3.63, 3.8) is 0 Å². The van der Waals surface area contributed by atoms with Gasteiger partial charge in [-0.1, -0.05) is 6.07 Å². The molecule has 0 unspecified atom stereocenters. The highest BCUT2D eigenvalue weighted by atomic mass is 15.3. The average Bonchev–Trinajstić information content (AvgIpc) is 2.35. The number of hydrogen-bond donors (Lipinski definition) is 1. The lowest BCUT2D eigenvalue weighted by molar-refractivity contribution is 1.29. The van der Waals surface area contributed by atoms with Gasteiger partial charge in [-0.2, -0.15) is 5.10 Å². The Morgan fingerprint density at radius 3 is 2.53 bits per heavy atom. The maximum atomic E-state index is 4.18. The molecule has 0 atom stereocenters. The number of hydrogen-bond acceptors (Lipinski definition) is 3. The maximum Gasteiger partial charge on any atom is 0.0564 e. The topological polar surface area (TPSA) is 37.3 Å². The van der Waals surface area contributed by atoms with Gasteiger partial charge in [0.05, 0.1) is 11.9 Å².